The first-order valence-electron chi connectivity index (χ1n) is 9.95. The second-order valence-electron chi connectivity index (χ2n) is 7.19. The van der Waals surface area contributed by atoms with E-state index in [2.05, 4.69) is 5.32 Å². The van der Waals surface area contributed by atoms with Gasteiger partial charge in [0.05, 0.1) is 15.5 Å². The molecule has 0 atom stereocenters. The van der Waals surface area contributed by atoms with Gasteiger partial charge in [0, 0.05) is 16.8 Å². The van der Waals surface area contributed by atoms with Gasteiger partial charge in [0.1, 0.15) is 5.57 Å². The number of nitrogens with zero attached hydrogens (tertiary/aromatic N) is 2. The molecule has 34 heavy (non-hydrogen) atoms. The summed E-state index contributed by atoms with van der Waals surface area (Å²) in [5.74, 6) is -0.747. The van der Waals surface area contributed by atoms with Crippen LogP contribution in [-0.4, -0.2) is 21.9 Å². The fraction of sp³-hybridized carbons (Fsp3) is 0.0417. The minimum Gasteiger partial charge on any atom is -0.298 e. The van der Waals surface area contributed by atoms with Crippen LogP contribution in [0.5, 0.6) is 0 Å². The molecule has 4 rings (SSSR count). The molecule has 10 heteroatoms. The summed E-state index contributed by atoms with van der Waals surface area (Å²) in [6.45, 7) is 0. The van der Waals surface area contributed by atoms with E-state index >= 15 is 0 Å². The van der Waals surface area contributed by atoms with Gasteiger partial charge in [-0.1, -0.05) is 48.0 Å². The van der Waals surface area contributed by atoms with Crippen molar-refractivity contribution in [3.63, 3.8) is 0 Å². The van der Waals surface area contributed by atoms with E-state index in [4.69, 9.17) is 23.8 Å². The zero-order valence-electron chi connectivity index (χ0n) is 17.4. The Labute approximate surface area is 209 Å². The molecule has 3 aromatic rings. The molecule has 1 heterocycles. The van der Waals surface area contributed by atoms with E-state index in [1.807, 2.05) is 30.3 Å². The second kappa shape index (κ2) is 10.2. The van der Waals surface area contributed by atoms with Gasteiger partial charge in [-0.2, -0.15) is 0 Å². The van der Waals surface area contributed by atoms with Crippen LogP contribution >= 0.6 is 35.6 Å². The fourth-order valence-electron chi connectivity index (χ4n) is 3.27. The van der Waals surface area contributed by atoms with Crippen molar-refractivity contribution in [2.75, 3.05) is 4.90 Å². The SMILES string of the molecule is O=C1NC(=S)N(c2ccc(Cl)cc2)C(=O)C1=Cc1ccc(SCc2ccccc2)c([N+](=O)[O-])c1. The number of nitrogens with one attached hydrogen (secondary N) is 1. The molecular formula is C24H16ClN3O4S2. The number of rotatable bonds is 6. The van der Waals surface area contributed by atoms with E-state index in [1.54, 1.807) is 36.4 Å². The van der Waals surface area contributed by atoms with Crippen LogP contribution in [0.3, 0.4) is 0 Å². The fourth-order valence-corrected chi connectivity index (χ4v) is 4.64. The molecule has 1 N–H and O–H groups in total. The van der Waals surface area contributed by atoms with Gasteiger partial charge in [0.2, 0.25) is 0 Å². The number of thioether (sulfide) groups is 1. The third kappa shape index (κ3) is 5.17. The number of carbonyl (C=O) groups excluding carboxylic acids is 2. The van der Waals surface area contributed by atoms with Gasteiger partial charge in [-0.05, 0) is 59.8 Å². The number of hydrogen-bond acceptors (Lipinski definition) is 6. The lowest BCUT2D eigenvalue weighted by atomic mass is 10.1. The third-order valence-corrected chi connectivity index (χ3v) is 6.58. The molecule has 0 saturated carbocycles. The summed E-state index contributed by atoms with van der Waals surface area (Å²) in [7, 11) is 0. The van der Waals surface area contributed by atoms with E-state index in [1.165, 1.54) is 28.8 Å². The quantitative estimate of drug-likeness (QED) is 0.120. The van der Waals surface area contributed by atoms with Gasteiger partial charge in [-0.15, -0.1) is 11.8 Å². The van der Waals surface area contributed by atoms with Crippen LogP contribution in [0.2, 0.25) is 5.02 Å². The largest absolute Gasteiger partial charge is 0.298 e. The number of thiocarbonyl (C=S) groups is 1. The van der Waals surface area contributed by atoms with E-state index in [9.17, 15) is 19.7 Å². The molecule has 0 radical (unpaired) electrons. The third-order valence-electron chi connectivity index (χ3n) is 4.91. The van der Waals surface area contributed by atoms with Crippen LogP contribution in [0.25, 0.3) is 6.08 Å². The molecule has 1 fully saturated rings. The van der Waals surface area contributed by atoms with E-state index < -0.39 is 16.7 Å². The predicted molar refractivity (Wildman–Crippen MR) is 137 cm³/mol. The van der Waals surface area contributed by atoms with E-state index in [-0.39, 0.29) is 16.4 Å². The number of amides is 2. The molecule has 3 aromatic carbocycles. The minimum absolute atomic E-state index is 0.0619. The van der Waals surface area contributed by atoms with Crippen molar-refractivity contribution in [2.24, 2.45) is 0 Å². The van der Waals surface area contributed by atoms with Crippen LogP contribution in [0, 0.1) is 10.1 Å². The molecule has 0 bridgehead atoms. The van der Waals surface area contributed by atoms with Gasteiger partial charge in [-0.3, -0.25) is 29.9 Å². The first-order chi connectivity index (χ1) is 16.3. The van der Waals surface area contributed by atoms with Gasteiger partial charge >= 0.3 is 0 Å². The highest BCUT2D eigenvalue weighted by Crippen LogP contribution is 2.33. The monoisotopic (exact) mass is 509 g/mol. The highest BCUT2D eigenvalue weighted by molar-refractivity contribution is 7.98. The van der Waals surface area contributed by atoms with Crippen molar-refractivity contribution >= 4 is 70.0 Å². The molecule has 0 aromatic heterocycles. The standard InChI is InChI=1S/C24H16ClN3O4S2/c25-17-7-9-18(10-8-17)27-23(30)19(22(29)26-24(27)33)12-16-6-11-21(20(13-16)28(31)32)34-14-15-4-2-1-3-5-15/h1-13H,14H2,(H,26,29,33). The Bertz CT molecular complexity index is 1330. The van der Waals surface area contributed by atoms with Crippen molar-refractivity contribution in [3.05, 3.63) is 105 Å². The van der Waals surface area contributed by atoms with Gasteiger partial charge in [0.25, 0.3) is 17.5 Å². The van der Waals surface area contributed by atoms with Crippen molar-refractivity contribution in [3.8, 4) is 0 Å². The first-order valence-corrected chi connectivity index (χ1v) is 11.7. The Morgan fingerprint density at radius 1 is 1.06 bits per heavy atom. The van der Waals surface area contributed by atoms with Crippen LogP contribution in [0.1, 0.15) is 11.1 Å². The molecule has 1 aliphatic heterocycles. The molecular weight excluding hydrogens is 494 g/mol. The van der Waals surface area contributed by atoms with Crippen molar-refractivity contribution in [1.29, 1.82) is 0 Å². The lowest BCUT2D eigenvalue weighted by Crippen LogP contribution is -2.54. The minimum atomic E-state index is -0.676. The normalized spacial score (nSPS) is 14.9. The molecule has 0 unspecified atom stereocenters. The average molecular weight is 510 g/mol. The van der Waals surface area contributed by atoms with Crippen LogP contribution in [-0.2, 0) is 15.3 Å². The maximum Gasteiger partial charge on any atom is 0.283 e. The number of halogens is 1. The Morgan fingerprint density at radius 3 is 2.44 bits per heavy atom. The second-order valence-corrected chi connectivity index (χ2v) is 9.03. The zero-order chi connectivity index (χ0) is 24.2. The predicted octanol–water partition coefficient (Wildman–Crippen LogP) is 5.37. The van der Waals surface area contributed by atoms with E-state index in [0.717, 1.165) is 5.56 Å². The van der Waals surface area contributed by atoms with Crippen molar-refractivity contribution in [2.45, 2.75) is 10.6 Å². The summed E-state index contributed by atoms with van der Waals surface area (Å²) < 4.78 is 0. The van der Waals surface area contributed by atoms with Crippen LogP contribution < -0.4 is 10.2 Å². The lowest BCUT2D eigenvalue weighted by molar-refractivity contribution is -0.387. The summed E-state index contributed by atoms with van der Waals surface area (Å²) in [4.78, 5) is 38.5. The summed E-state index contributed by atoms with van der Waals surface area (Å²) in [6.07, 6.45) is 1.32. The Morgan fingerprint density at radius 2 is 1.76 bits per heavy atom. The molecule has 7 nitrogen and oxygen atoms in total. The van der Waals surface area contributed by atoms with Crippen molar-refractivity contribution in [1.82, 2.24) is 5.32 Å². The Kier molecular flexibility index (Phi) is 7.06. The Balaban J connectivity index is 1.63. The summed E-state index contributed by atoms with van der Waals surface area (Å²) in [5, 5.41) is 14.6. The number of carbonyl (C=O) groups is 2. The molecule has 0 spiro atoms. The maximum atomic E-state index is 13.1. The van der Waals surface area contributed by atoms with Gasteiger partial charge in [0.15, 0.2) is 5.11 Å². The molecule has 0 aliphatic carbocycles. The van der Waals surface area contributed by atoms with Crippen LogP contribution in [0.4, 0.5) is 11.4 Å². The maximum absolute atomic E-state index is 13.1. The highest BCUT2D eigenvalue weighted by atomic mass is 35.5. The van der Waals surface area contributed by atoms with Gasteiger partial charge in [-0.25, -0.2) is 0 Å². The van der Waals surface area contributed by atoms with Crippen LogP contribution in [0.15, 0.2) is 83.3 Å². The first kappa shape index (κ1) is 23.6. The number of benzene rings is 3. The zero-order valence-corrected chi connectivity index (χ0v) is 19.8. The number of nitro groups is 1. The summed E-state index contributed by atoms with van der Waals surface area (Å²) in [6, 6.07) is 20.6. The lowest BCUT2D eigenvalue weighted by Gasteiger charge is -2.28. The highest BCUT2D eigenvalue weighted by Gasteiger charge is 2.34. The number of nitro benzene ring substituents is 1. The topological polar surface area (TPSA) is 92.6 Å². The van der Waals surface area contributed by atoms with Gasteiger partial charge < -0.3 is 0 Å². The average Bonchev–Trinajstić information content (AvgIpc) is 2.82. The molecule has 170 valence electrons. The van der Waals surface area contributed by atoms with Crippen molar-refractivity contribution < 1.29 is 14.5 Å². The summed E-state index contributed by atoms with van der Waals surface area (Å²) in [5.41, 5.74) is 1.52. The molecule has 1 saturated heterocycles. The molecule has 1 aliphatic rings. The smallest absolute Gasteiger partial charge is 0.283 e. The Hall–Kier alpha value is -3.53. The number of hydrogen-bond donors (Lipinski definition) is 1. The molecule has 2 amide bonds. The summed E-state index contributed by atoms with van der Waals surface area (Å²) >= 11 is 12.4. The van der Waals surface area contributed by atoms with E-state index in [0.29, 0.717) is 26.9 Å². The number of anilines is 1.